The monoisotopic (exact) mass is 524 g/mol. The average Bonchev–Trinajstić information content (AvgIpc) is 3.54. The lowest BCUT2D eigenvalue weighted by atomic mass is 10.0. The third-order valence-corrected chi connectivity index (χ3v) is 6.93. The third-order valence-electron chi connectivity index (χ3n) is 5.79. The molecule has 168 valence electrons. The van der Waals surface area contributed by atoms with Gasteiger partial charge in [0.05, 0.1) is 10.2 Å². The van der Waals surface area contributed by atoms with Crippen LogP contribution in [0.3, 0.4) is 0 Å². The summed E-state index contributed by atoms with van der Waals surface area (Å²) < 4.78 is 9.36. The topological polar surface area (TPSA) is 85.4 Å². The summed E-state index contributed by atoms with van der Waals surface area (Å²) in [6.07, 6.45) is 3.12. The summed E-state index contributed by atoms with van der Waals surface area (Å²) in [5.74, 6) is 2.28. The van der Waals surface area contributed by atoms with Crippen molar-refractivity contribution in [2.24, 2.45) is 0 Å². The van der Waals surface area contributed by atoms with E-state index >= 15 is 0 Å². The predicted molar refractivity (Wildman–Crippen MR) is 132 cm³/mol. The summed E-state index contributed by atoms with van der Waals surface area (Å²) in [6, 6.07) is 14.1. The average molecular weight is 526 g/mol. The van der Waals surface area contributed by atoms with Gasteiger partial charge in [0.2, 0.25) is 5.82 Å². The van der Waals surface area contributed by atoms with Crippen molar-refractivity contribution in [3.05, 3.63) is 69.2 Å². The van der Waals surface area contributed by atoms with Gasteiger partial charge in [-0.15, -0.1) is 10.2 Å². The summed E-state index contributed by atoms with van der Waals surface area (Å²) in [7, 11) is 0. The van der Waals surface area contributed by atoms with E-state index in [0.717, 1.165) is 68.7 Å². The fraction of sp³-hybridized carbons (Fsp3) is 0.250. The standard InChI is InChI=1S/C24H22BrClN6O/c1-3-4-9-20-27-23(26)14(2)32(20)13-15-10-11-19-18(12-15)21(25)22(33-19)16-7-5-6-8-17(16)24-28-30-31-29-24/h5-8,10-12H,3-4,9,13H2,1-2H3,(H,28,29,30,31). The van der Waals surface area contributed by atoms with Crippen LogP contribution in [0.2, 0.25) is 5.15 Å². The van der Waals surface area contributed by atoms with Crippen LogP contribution < -0.4 is 0 Å². The number of halogens is 2. The highest BCUT2D eigenvalue weighted by Gasteiger charge is 2.20. The van der Waals surface area contributed by atoms with E-state index in [1.54, 1.807) is 0 Å². The smallest absolute Gasteiger partial charge is 0.205 e. The van der Waals surface area contributed by atoms with Crippen molar-refractivity contribution >= 4 is 38.5 Å². The number of tetrazole rings is 1. The molecule has 3 heterocycles. The summed E-state index contributed by atoms with van der Waals surface area (Å²) >= 11 is 10.1. The number of hydrogen-bond donors (Lipinski definition) is 1. The highest BCUT2D eigenvalue weighted by molar-refractivity contribution is 9.10. The SMILES string of the molecule is CCCCc1nc(Cl)c(C)n1Cc1ccc2oc(-c3ccccc3-c3nn[nH]n3)c(Br)c2c1. The number of aromatic nitrogens is 6. The Morgan fingerprint density at radius 3 is 2.73 bits per heavy atom. The number of benzene rings is 2. The summed E-state index contributed by atoms with van der Waals surface area (Å²) in [5, 5.41) is 16.0. The van der Waals surface area contributed by atoms with Gasteiger partial charge in [-0.2, -0.15) is 5.21 Å². The minimum atomic E-state index is 0.519. The molecule has 0 aliphatic carbocycles. The normalized spacial score (nSPS) is 11.5. The molecular weight excluding hydrogens is 504 g/mol. The number of nitrogens with one attached hydrogen (secondary N) is 1. The van der Waals surface area contributed by atoms with Crippen LogP contribution in [0.15, 0.2) is 51.4 Å². The highest BCUT2D eigenvalue weighted by Crippen LogP contribution is 2.41. The number of imidazole rings is 1. The van der Waals surface area contributed by atoms with Gasteiger partial charge in [0.1, 0.15) is 22.3 Å². The first kappa shape index (κ1) is 21.9. The molecule has 1 N–H and O–H groups in total. The number of rotatable bonds is 7. The summed E-state index contributed by atoms with van der Waals surface area (Å²) in [6.45, 7) is 4.90. The van der Waals surface area contributed by atoms with Crippen molar-refractivity contribution in [3.8, 4) is 22.7 Å². The molecule has 2 aromatic carbocycles. The van der Waals surface area contributed by atoms with Gasteiger partial charge in [0.25, 0.3) is 0 Å². The maximum absolute atomic E-state index is 6.36. The molecule has 3 aromatic heterocycles. The predicted octanol–water partition coefficient (Wildman–Crippen LogP) is 6.59. The molecule has 0 unspecified atom stereocenters. The van der Waals surface area contributed by atoms with Crippen LogP contribution in [-0.2, 0) is 13.0 Å². The van der Waals surface area contributed by atoms with Gasteiger partial charge >= 0.3 is 0 Å². The number of H-pyrrole nitrogens is 1. The minimum absolute atomic E-state index is 0.519. The van der Waals surface area contributed by atoms with E-state index in [4.69, 9.17) is 16.0 Å². The van der Waals surface area contributed by atoms with Crippen LogP contribution in [-0.4, -0.2) is 30.2 Å². The Morgan fingerprint density at radius 1 is 1.15 bits per heavy atom. The number of furan rings is 1. The second-order valence-corrected chi connectivity index (χ2v) is 9.10. The Hall–Kier alpha value is -2.97. The molecule has 7 nitrogen and oxygen atoms in total. The zero-order valence-electron chi connectivity index (χ0n) is 18.3. The summed E-state index contributed by atoms with van der Waals surface area (Å²) in [5.41, 5.74) is 4.67. The van der Waals surface area contributed by atoms with Gasteiger partial charge in [0.15, 0.2) is 0 Å². The molecule has 9 heteroatoms. The fourth-order valence-corrected chi connectivity index (χ4v) is 4.82. The number of aryl methyl sites for hydroxylation is 1. The van der Waals surface area contributed by atoms with Gasteiger partial charge in [-0.3, -0.25) is 0 Å². The molecular formula is C24H22BrClN6O. The van der Waals surface area contributed by atoms with Gasteiger partial charge in [-0.1, -0.05) is 55.3 Å². The van der Waals surface area contributed by atoms with E-state index in [1.807, 2.05) is 37.3 Å². The van der Waals surface area contributed by atoms with Gasteiger partial charge in [0, 0.05) is 29.5 Å². The van der Waals surface area contributed by atoms with Crippen molar-refractivity contribution in [2.75, 3.05) is 0 Å². The molecule has 5 rings (SSSR count). The quantitative estimate of drug-likeness (QED) is 0.259. The first-order chi connectivity index (χ1) is 16.1. The molecule has 0 aliphatic heterocycles. The molecule has 0 spiro atoms. The molecule has 0 amide bonds. The van der Waals surface area contributed by atoms with Crippen LogP contribution in [0.1, 0.15) is 36.8 Å². The Morgan fingerprint density at radius 2 is 1.97 bits per heavy atom. The van der Waals surface area contributed by atoms with Crippen LogP contribution in [0, 0.1) is 6.92 Å². The lowest BCUT2D eigenvalue weighted by Crippen LogP contribution is -2.07. The molecule has 0 aliphatic rings. The first-order valence-corrected chi connectivity index (χ1v) is 12.0. The van der Waals surface area contributed by atoms with Gasteiger partial charge in [-0.05, 0) is 52.2 Å². The number of unbranched alkanes of at least 4 members (excludes halogenated alkanes) is 1. The maximum atomic E-state index is 6.36. The lowest BCUT2D eigenvalue weighted by Gasteiger charge is -2.10. The van der Waals surface area contributed by atoms with Crippen LogP contribution in [0.5, 0.6) is 0 Å². The van der Waals surface area contributed by atoms with Crippen molar-refractivity contribution in [2.45, 2.75) is 39.7 Å². The minimum Gasteiger partial charge on any atom is -0.455 e. The van der Waals surface area contributed by atoms with Crippen molar-refractivity contribution in [1.82, 2.24) is 30.2 Å². The zero-order chi connectivity index (χ0) is 22.9. The first-order valence-electron chi connectivity index (χ1n) is 10.8. The van der Waals surface area contributed by atoms with Crippen molar-refractivity contribution < 1.29 is 4.42 Å². The highest BCUT2D eigenvalue weighted by atomic mass is 79.9. The lowest BCUT2D eigenvalue weighted by molar-refractivity contribution is 0.629. The van der Waals surface area contributed by atoms with Crippen LogP contribution >= 0.6 is 27.5 Å². The van der Waals surface area contributed by atoms with Crippen molar-refractivity contribution in [3.63, 3.8) is 0 Å². The summed E-state index contributed by atoms with van der Waals surface area (Å²) in [4.78, 5) is 4.58. The Labute approximate surface area is 204 Å². The third kappa shape index (κ3) is 4.09. The fourth-order valence-electron chi connectivity index (χ4n) is 4.02. The molecule has 0 saturated carbocycles. The molecule has 0 radical (unpaired) electrons. The van der Waals surface area contributed by atoms with E-state index in [-0.39, 0.29) is 0 Å². The number of aromatic amines is 1. The van der Waals surface area contributed by atoms with Crippen LogP contribution in [0.4, 0.5) is 0 Å². The van der Waals surface area contributed by atoms with E-state index in [2.05, 4.69) is 65.2 Å². The van der Waals surface area contributed by atoms with Crippen LogP contribution in [0.25, 0.3) is 33.7 Å². The van der Waals surface area contributed by atoms with E-state index in [0.29, 0.717) is 17.5 Å². The van der Waals surface area contributed by atoms with Gasteiger partial charge in [-0.25, -0.2) is 4.98 Å². The molecule has 33 heavy (non-hydrogen) atoms. The second kappa shape index (κ2) is 9.11. The van der Waals surface area contributed by atoms with Crippen molar-refractivity contribution in [1.29, 1.82) is 0 Å². The second-order valence-electron chi connectivity index (χ2n) is 7.95. The molecule has 0 bridgehead atoms. The molecule has 0 saturated heterocycles. The van der Waals surface area contributed by atoms with Gasteiger partial charge < -0.3 is 8.98 Å². The largest absolute Gasteiger partial charge is 0.455 e. The Balaban J connectivity index is 1.54. The number of nitrogens with zero attached hydrogens (tertiary/aromatic N) is 5. The van der Waals surface area contributed by atoms with E-state index in [9.17, 15) is 0 Å². The molecule has 5 aromatic rings. The molecule has 0 fully saturated rings. The number of fused-ring (bicyclic) bond motifs is 1. The zero-order valence-corrected chi connectivity index (χ0v) is 20.6. The molecule has 0 atom stereocenters. The number of hydrogen-bond acceptors (Lipinski definition) is 5. The Bertz CT molecular complexity index is 1420. The van der Waals surface area contributed by atoms with E-state index in [1.165, 1.54) is 0 Å². The maximum Gasteiger partial charge on any atom is 0.205 e. The van der Waals surface area contributed by atoms with E-state index < -0.39 is 0 Å². The Kier molecular flexibility index (Phi) is 6.03.